The van der Waals surface area contributed by atoms with E-state index in [9.17, 15) is 0 Å². The Balaban J connectivity index is 1.81. The van der Waals surface area contributed by atoms with Gasteiger partial charge in [-0.3, -0.25) is 0 Å². The lowest BCUT2D eigenvalue weighted by molar-refractivity contribution is 0.304. The minimum Gasteiger partial charge on any atom is -0.494 e. The van der Waals surface area contributed by atoms with E-state index in [2.05, 4.69) is 39.0 Å². The Morgan fingerprint density at radius 3 is 2.52 bits per heavy atom. The number of nitrogens with two attached hydrogens (primary N) is 1. The molecule has 0 heterocycles. The van der Waals surface area contributed by atoms with Crippen LogP contribution in [0, 0.1) is 5.92 Å². The van der Waals surface area contributed by atoms with E-state index >= 15 is 0 Å². The molecular formula is C19H31NO. The quantitative estimate of drug-likeness (QED) is 0.716. The van der Waals surface area contributed by atoms with Crippen molar-refractivity contribution in [1.29, 1.82) is 0 Å². The van der Waals surface area contributed by atoms with Crippen molar-refractivity contribution >= 4 is 0 Å². The first-order chi connectivity index (χ1) is 10.0. The molecule has 0 aliphatic heterocycles. The smallest absolute Gasteiger partial charge is 0.119 e. The molecule has 0 saturated carbocycles. The molecule has 21 heavy (non-hydrogen) atoms. The van der Waals surface area contributed by atoms with Crippen LogP contribution in [0.5, 0.6) is 5.75 Å². The fourth-order valence-electron chi connectivity index (χ4n) is 3.11. The van der Waals surface area contributed by atoms with Gasteiger partial charge < -0.3 is 10.5 Å². The van der Waals surface area contributed by atoms with Crippen LogP contribution in [-0.4, -0.2) is 12.1 Å². The fraction of sp³-hybridized carbons (Fsp3) is 0.684. The summed E-state index contributed by atoms with van der Waals surface area (Å²) in [5.74, 6) is 1.58. The molecule has 2 rings (SSSR count). The molecule has 1 aliphatic carbocycles. The van der Waals surface area contributed by atoms with Gasteiger partial charge in [0.05, 0.1) is 6.61 Å². The van der Waals surface area contributed by atoms with Crippen LogP contribution in [0.1, 0.15) is 64.0 Å². The standard InChI is InChI=1S/C19H31NO/c1-4-5-6-7-8-11-21-18-10-9-15-12-17(19(2,3)20)13-16(15)14-18/h9-10,14,17H,4-8,11-13,20H2,1-3H3/t17-/m1/s1. The Hall–Kier alpha value is -1.02. The third kappa shape index (κ3) is 4.74. The average molecular weight is 289 g/mol. The maximum Gasteiger partial charge on any atom is 0.119 e. The molecule has 0 aromatic heterocycles. The molecule has 0 amide bonds. The van der Waals surface area contributed by atoms with Crippen LogP contribution < -0.4 is 10.5 Å². The summed E-state index contributed by atoms with van der Waals surface area (Å²) in [6.45, 7) is 7.36. The lowest BCUT2D eigenvalue weighted by Gasteiger charge is -2.26. The van der Waals surface area contributed by atoms with Crippen LogP contribution in [0.3, 0.4) is 0 Å². The molecule has 1 atom stereocenters. The fourth-order valence-corrected chi connectivity index (χ4v) is 3.11. The van der Waals surface area contributed by atoms with E-state index in [0.717, 1.165) is 31.6 Å². The van der Waals surface area contributed by atoms with Crippen molar-refractivity contribution in [3.63, 3.8) is 0 Å². The highest BCUT2D eigenvalue weighted by molar-refractivity contribution is 5.39. The first-order valence-corrected chi connectivity index (χ1v) is 8.54. The second-order valence-electron chi connectivity index (χ2n) is 7.12. The molecular weight excluding hydrogens is 258 g/mol. The number of rotatable bonds is 8. The number of hydrogen-bond acceptors (Lipinski definition) is 2. The maximum absolute atomic E-state index is 6.27. The number of unbranched alkanes of at least 4 members (excludes halogenated alkanes) is 4. The SMILES string of the molecule is CCCCCCCOc1ccc2c(c1)C[C@H](C(C)(C)N)C2. The predicted octanol–water partition coefficient (Wildman–Crippen LogP) is 4.49. The molecule has 1 aromatic carbocycles. The van der Waals surface area contributed by atoms with Crippen LogP contribution in [0.4, 0.5) is 0 Å². The molecule has 1 aromatic rings. The molecule has 2 N–H and O–H groups in total. The van der Waals surface area contributed by atoms with Crippen LogP contribution in [0.25, 0.3) is 0 Å². The topological polar surface area (TPSA) is 35.2 Å². The number of benzene rings is 1. The van der Waals surface area contributed by atoms with Gasteiger partial charge >= 0.3 is 0 Å². The van der Waals surface area contributed by atoms with Gasteiger partial charge in [-0.15, -0.1) is 0 Å². The number of ether oxygens (including phenoxy) is 1. The zero-order valence-electron chi connectivity index (χ0n) is 14.0. The molecule has 0 spiro atoms. The van der Waals surface area contributed by atoms with E-state index in [1.54, 1.807) is 0 Å². The molecule has 0 radical (unpaired) electrons. The predicted molar refractivity (Wildman–Crippen MR) is 89.9 cm³/mol. The molecule has 118 valence electrons. The van der Waals surface area contributed by atoms with E-state index in [1.165, 1.54) is 36.8 Å². The molecule has 0 unspecified atom stereocenters. The summed E-state index contributed by atoms with van der Waals surface area (Å²) in [6.07, 6.45) is 8.61. The largest absolute Gasteiger partial charge is 0.494 e. The van der Waals surface area contributed by atoms with E-state index in [1.807, 2.05) is 0 Å². The number of hydrogen-bond donors (Lipinski definition) is 1. The van der Waals surface area contributed by atoms with Crippen LogP contribution in [0.2, 0.25) is 0 Å². The van der Waals surface area contributed by atoms with Crippen molar-refractivity contribution in [2.75, 3.05) is 6.61 Å². The Morgan fingerprint density at radius 2 is 1.81 bits per heavy atom. The first-order valence-electron chi connectivity index (χ1n) is 8.54. The molecule has 0 saturated heterocycles. The van der Waals surface area contributed by atoms with Gasteiger partial charge in [-0.25, -0.2) is 0 Å². The van der Waals surface area contributed by atoms with Gasteiger partial charge in [0.2, 0.25) is 0 Å². The highest BCUT2D eigenvalue weighted by Crippen LogP contribution is 2.34. The van der Waals surface area contributed by atoms with Gasteiger partial charge in [0.1, 0.15) is 5.75 Å². The summed E-state index contributed by atoms with van der Waals surface area (Å²) in [5.41, 5.74) is 9.05. The van der Waals surface area contributed by atoms with Crippen molar-refractivity contribution in [3.05, 3.63) is 29.3 Å². The van der Waals surface area contributed by atoms with Crippen molar-refractivity contribution in [3.8, 4) is 5.75 Å². The van der Waals surface area contributed by atoms with Gasteiger partial charge in [-0.05, 0) is 62.3 Å². The maximum atomic E-state index is 6.27. The third-order valence-corrected chi connectivity index (χ3v) is 4.68. The average Bonchev–Trinajstić information content (AvgIpc) is 2.86. The molecule has 1 aliphatic rings. The molecule has 0 bridgehead atoms. The van der Waals surface area contributed by atoms with Gasteiger partial charge in [-0.1, -0.05) is 38.7 Å². The molecule has 2 heteroatoms. The minimum absolute atomic E-state index is 0.0979. The zero-order valence-corrected chi connectivity index (χ0v) is 14.0. The Kier molecular flexibility index (Phi) is 5.69. The molecule has 0 fully saturated rings. The first kappa shape index (κ1) is 16.4. The van der Waals surface area contributed by atoms with E-state index in [0.29, 0.717) is 5.92 Å². The van der Waals surface area contributed by atoms with E-state index in [4.69, 9.17) is 10.5 Å². The van der Waals surface area contributed by atoms with Crippen LogP contribution in [-0.2, 0) is 12.8 Å². The monoisotopic (exact) mass is 289 g/mol. The normalized spacial score (nSPS) is 17.8. The van der Waals surface area contributed by atoms with Crippen molar-refractivity contribution < 1.29 is 4.74 Å². The Morgan fingerprint density at radius 1 is 1.10 bits per heavy atom. The highest BCUT2D eigenvalue weighted by Gasteiger charge is 2.31. The summed E-state index contributed by atoms with van der Waals surface area (Å²) >= 11 is 0. The summed E-state index contributed by atoms with van der Waals surface area (Å²) < 4.78 is 5.90. The summed E-state index contributed by atoms with van der Waals surface area (Å²) in [6, 6.07) is 6.58. The van der Waals surface area contributed by atoms with Gasteiger partial charge in [0.15, 0.2) is 0 Å². The van der Waals surface area contributed by atoms with Gasteiger partial charge in [0, 0.05) is 5.54 Å². The minimum atomic E-state index is -0.0979. The number of fused-ring (bicyclic) bond motifs is 1. The third-order valence-electron chi connectivity index (χ3n) is 4.68. The zero-order chi connectivity index (χ0) is 15.3. The van der Waals surface area contributed by atoms with Crippen LogP contribution >= 0.6 is 0 Å². The summed E-state index contributed by atoms with van der Waals surface area (Å²) in [7, 11) is 0. The Bertz CT molecular complexity index is 447. The molecule has 2 nitrogen and oxygen atoms in total. The second-order valence-corrected chi connectivity index (χ2v) is 7.12. The summed E-state index contributed by atoms with van der Waals surface area (Å²) in [4.78, 5) is 0. The van der Waals surface area contributed by atoms with Crippen molar-refractivity contribution in [2.45, 2.75) is 71.3 Å². The van der Waals surface area contributed by atoms with Gasteiger partial charge in [0.25, 0.3) is 0 Å². The Labute approximate surface area is 130 Å². The lowest BCUT2D eigenvalue weighted by Crippen LogP contribution is -2.41. The van der Waals surface area contributed by atoms with Crippen molar-refractivity contribution in [1.82, 2.24) is 0 Å². The van der Waals surface area contributed by atoms with Crippen molar-refractivity contribution in [2.24, 2.45) is 11.7 Å². The lowest BCUT2D eigenvalue weighted by atomic mass is 9.86. The van der Waals surface area contributed by atoms with E-state index in [-0.39, 0.29) is 5.54 Å². The summed E-state index contributed by atoms with van der Waals surface area (Å²) in [5, 5.41) is 0. The second kappa shape index (κ2) is 7.31. The van der Waals surface area contributed by atoms with Crippen LogP contribution in [0.15, 0.2) is 18.2 Å². The van der Waals surface area contributed by atoms with Gasteiger partial charge in [-0.2, -0.15) is 0 Å². The highest BCUT2D eigenvalue weighted by atomic mass is 16.5. The van der Waals surface area contributed by atoms with E-state index < -0.39 is 0 Å².